The molecule has 0 radical (unpaired) electrons. The second-order valence-corrected chi connectivity index (χ2v) is 7.36. The number of benzene rings is 2. The Bertz CT molecular complexity index is 877. The van der Waals surface area contributed by atoms with Crippen molar-refractivity contribution in [3.05, 3.63) is 53.6 Å². The van der Waals surface area contributed by atoms with E-state index >= 15 is 0 Å². The Labute approximate surface area is 170 Å². The molecule has 0 saturated carbocycles. The fraction of sp³-hybridized carbons (Fsp3) is 0.333. The maximum absolute atomic E-state index is 11.4. The van der Waals surface area contributed by atoms with Gasteiger partial charge in [-0.25, -0.2) is 0 Å². The second-order valence-electron chi connectivity index (χ2n) is 6.98. The van der Waals surface area contributed by atoms with Gasteiger partial charge in [0.15, 0.2) is 22.4 Å². The van der Waals surface area contributed by atoms with Crippen LogP contribution in [0.3, 0.4) is 0 Å². The summed E-state index contributed by atoms with van der Waals surface area (Å²) in [6.07, 6.45) is 0. The molecule has 2 aromatic rings. The summed E-state index contributed by atoms with van der Waals surface area (Å²) in [5.74, 6) is 1.76. The van der Waals surface area contributed by atoms with Crippen LogP contribution in [0.4, 0.5) is 5.69 Å². The molecule has 0 amide bonds. The lowest BCUT2D eigenvalue weighted by Crippen LogP contribution is -2.49. The van der Waals surface area contributed by atoms with Gasteiger partial charge < -0.3 is 19.7 Å². The molecule has 6 nitrogen and oxygen atoms in total. The number of carbonyl (C=O) groups excluding carboxylic acids is 1. The average Bonchev–Trinajstić information content (AvgIpc) is 3.19. The molecule has 1 fully saturated rings. The van der Waals surface area contributed by atoms with Crippen LogP contribution in [0.15, 0.2) is 42.5 Å². The average molecular weight is 398 g/mol. The summed E-state index contributed by atoms with van der Waals surface area (Å²) >= 11 is 5.57. The van der Waals surface area contributed by atoms with Crippen LogP contribution in [0.5, 0.6) is 11.5 Å². The van der Waals surface area contributed by atoms with Crippen molar-refractivity contribution in [1.29, 1.82) is 0 Å². The van der Waals surface area contributed by atoms with Gasteiger partial charge in [0.05, 0.1) is 0 Å². The fourth-order valence-electron chi connectivity index (χ4n) is 3.46. The van der Waals surface area contributed by atoms with Crippen LogP contribution >= 0.6 is 12.2 Å². The Kier molecular flexibility index (Phi) is 5.45. The van der Waals surface area contributed by atoms with Gasteiger partial charge in [0, 0.05) is 49.5 Å². The second kappa shape index (κ2) is 8.16. The van der Waals surface area contributed by atoms with Crippen LogP contribution in [0, 0.1) is 0 Å². The van der Waals surface area contributed by atoms with Gasteiger partial charge in [0.25, 0.3) is 0 Å². The molecular weight excluding hydrogens is 374 g/mol. The van der Waals surface area contributed by atoms with Gasteiger partial charge in [-0.3, -0.25) is 9.69 Å². The number of anilines is 1. The Morgan fingerprint density at radius 2 is 1.82 bits per heavy atom. The minimum absolute atomic E-state index is 0.0614. The van der Waals surface area contributed by atoms with Crippen LogP contribution in [0.25, 0.3) is 0 Å². The van der Waals surface area contributed by atoms with Crippen LogP contribution in [0.2, 0.25) is 0 Å². The number of Topliss-reactive ketones (excluding diaryl/α,β-unsaturated/α-hetero) is 1. The predicted molar refractivity (Wildman–Crippen MR) is 112 cm³/mol. The number of nitrogens with zero attached hydrogens (tertiary/aromatic N) is 2. The van der Waals surface area contributed by atoms with E-state index in [0.717, 1.165) is 55.5 Å². The quantitative estimate of drug-likeness (QED) is 0.628. The molecule has 2 aliphatic heterocycles. The van der Waals surface area contributed by atoms with Gasteiger partial charge in [-0.2, -0.15) is 0 Å². The predicted octanol–water partition coefficient (Wildman–Crippen LogP) is 3.13. The number of carbonyl (C=O) groups is 1. The van der Waals surface area contributed by atoms with E-state index < -0.39 is 0 Å². The molecule has 1 saturated heterocycles. The van der Waals surface area contributed by atoms with Crippen molar-refractivity contribution < 1.29 is 14.3 Å². The molecule has 146 valence electrons. The molecule has 0 atom stereocenters. The Morgan fingerprint density at radius 1 is 1.07 bits per heavy atom. The van der Waals surface area contributed by atoms with E-state index in [1.807, 2.05) is 36.4 Å². The maximum Gasteiger partial charge on any atom is 0.231 e. The number of hydrogen-bond acceptors (Lipinski definition) is 5. The lowest BCUT2D eigenvalue weighted by Gasteiger charge is -2.36. The Hall–Kier alpha value is -2.64. The van der Waals surface area contributed by atoms with Crippen LogP contribution < -0.4 is 14.8 Å². The molecule has 0 aliphatic carbocycles. The van der Waals surface area contributed by atoms with Crippen molar-refractivity contribution in [3.63, 3.8) is 0 Å². The summed E-state index contributed by atoms with van der Waals surface area (Å²) in [6, 6.07) is 13.4. The first-order chi connectivity index (χ1) is 13.6. The van der Waals surface area contributed by atoms with Crippen LogP contribution in [-0.4, -0.2) is 53.7 Å². The van der Waals surface area contributed by atoms with Gasteiger partial charge in [-0.15, -0.1) is 0 Å². The highest BCUT2D eigenvalue weighted by molar-refractivity contribution is 7.80. The molecule has 0 unspecified atom stereocenters. The summed E-state index contributed by atoms with van der Waals surface area (Å²) in [5, 5.41) is 3.98. The molecule has 4 rings (SSSR count). The van der Waals surface area contributed by atoms with Crippen molar-refractivity contribution >= 4 is 28.8 Å². The number of piperazine rings is 1. The van der Waals surface area contributed by atoms with E-state index in [4.69, 9.17) is 21.7 Å². The zero-order valence-electron chi connectivity index (χ0n) is 15.8. The van der Waals surface area contributed by atoms with E-state index in [2.05, 4.69) is 21.2 Å². The smallest absolute Gasteiger partial charge is 0.231 e. The zero-order chi connectivity index (χ0) is 19.5. The van der Waals surface area contributed by atoms with E-state index in [-0.39, 0.29) is 5.78 Å². The summed E-state index contributed by atoms with van der Waals surface area (Å²) in [5.41, 5.74) is 2.76. The van der Waals surface area contributed by atoms with E-state index in [0.29, 0.717) is 17.5 Å². The number of ketones is 1. The first-order valence-corrected chi connectivity index (χ1v) is 9.78. The van der Waals surface area contributed by atoms with Gasteiger partial charge in [0.2, 0.25) is 6.79 Å². The molecular formula is C21H23N3O3S. The van der Waals surface area contributed by atoms with Crippen molar-refractivity contribution in [2.24, 2.45) is 0 Å². The number of fused-ring (bicyclic) bond motifs is 1. The van der Waals surface area contributed by atoms with Gasteiger partial charge in [-0.1, -0.05) is 12.1 Å². The van der Waals surface area contributed by atoms with Crippen LogP contribution in [-0.2, 0) is 6.54 Å². The molecule has 2 heterocycles. The summed E-state index contributed by atoms with van der Waals surface area (Å²) in [4.78, 5) is 16.0. The van der Waals surface area contributed by atoms with Gasteiger partial charge in [0.1, 0.15) is 0 Å². The normalized spacial score (nSPS) is 16.1. The summed E-state index contributed by atoms with van der Waals surface area (Å²) < 4.78 is 11.1. The highest BCUT2D eigenvalue weighted by atomic mass is 32.1. The standard InChI is InChI=1S/C21H23N3O3S/c1-15(25)16-5-7-18(8-6-16)22-21(28)24-11-9-23(10-12-24)13-17-3-2-4-19-20(17)27-14-26-19/h2-8H,9-14H2,1H3,(H,22,28). The molecule has 0 spiro atoms. The topological polar surface area (TPSA) is 54.0 Å². The number of thiocarbonyl (C=S) groups is 1. The monoisotopic (exact) mass is 397 g/mol. The number of para-hydroxylation sites is 1. The molecule has 28 heavy (non-hydrogen) atoms. The minimum atomic E-state index is 0.0614. The maximum atomic E-state index is 11.4. The minimum Gasteiger partial charge on any atom is -0.454 e. The molecule has 1 N–H and O–H groups in total. The lowest BCUT2D eigenvalue weighted by molar-refractivity contribution is 0.101. The summed E-state index contributed by atoms with van der Waals surface area (Å²) in [6.45, 7) is 6.29. The molecule has 2 aliphatic rings. The first-order valence-electron chi connectivity index (χ1n) is 9.37. The lowest BCUT2D eigenvalue weighted by atomic mass is 10.1. The number of nitrogens with one attached hydrogen (secondary N) is 1. The number of ether oxygens (including phenoxy) is 2. The Morgan fingerprint density at radius 3 is 2.54 bits per heavy atom. The highest BCUT2D eigenvalue weighted by Crippen LogP contribution is 2.36. The largest absolute Gasteiger partial charge is 0.454 e. The number of hydrogen-bond donors (Lipinski definition) is 1. The molecule has 7 heteroatoms. The van der Waals surface area contributed by atoms with Crippen molar-refractivity contribution in [2.45, 2.75) is 13.5 Å². The SMILES string of the molecule is CC(=O)c1ccc(NC(=S)N2CCN(Cc3cccc4c3OCO4)CC2)cc1. The van der Waals surface area contributed by atoms with Gasteiger partial charge >= 0.3 is 0 Å². The van der Waals surface area contributed by atoms with E-state index in [9.17, 15) is 4.79 Å². The molecule has 0 bridgehead atoms. The molecule has 2 aromatic carbocycles. The Balaban J connectivity index is 1.30. The molecule has 0 aromatic heterocycles. The van der Waals surface area contributed by atoms with Crippen molar-refractivity contribution in [2.75, 3.05) is 38.3 Å². The van der Waals surface area contributed by atoms with Crippen molar-refractivity contribution in [1.82, 2.24) is 9.80 Å². The third kappa shape index (κ3) is 4.10. The van der Waals surface area contributed by atoms with Crippen molar-refractivity contribution in [3.8, 4) is 11.5 Å². The van der Waals surface area contributed by atoms with Crippen LogP contribution in [0.1, 0.15) is 22.8 Å². The van der Waals surface area contributed by atoms with E-state index in [1.165, 1.54) is 0 Å². The first kappa shape index (κ1) is 18.7. The number of rotatable bonds is 4. The third-order valence-electron chi connectivity index (χ3n) is 5.07. The zero-order valence-corrected chi connectivity index (χ0v) is 16.6. The van der Waals surface area contributed by atoms with E-state index in [1.54, 1.807) is 6.92 Å². The third-order valence-corrected chi connectivity index (χ3v) is 5.43. The summed E-state index contributed by atoms with van der Waals surface area (Å²) in [7, 11) is 0. The van der Waals surface area contributed by atoms with Gasteiger partial charge in [-0.05, 0) is 49.5 Å². The highest BCUT2D eigenvalue weighted by Gasteiger charge is 2.22. The fourth-order valence-corrected chi connectivity index (χ4v) is 3.76.